The molecule has 0 spiro atoms. The fourth-order valence-electron chi connectivity index (χ4n) is 3.87. The molecule has 0 saturated carbocycles. The van der Waals surface area contributed by atoms with Crippen LogP contribution in [0.1, 0.15) is 42.0 Å². The van der Waals surface area contributed by atoms with Gasteiger partial charge in [-0.15, -0.1) is 0 Å². The molecule has 0 N–H and O–H groups in total. The van der Waals surface area contributed by atoms with Gasteiger partial charge >= 0.3 is 0 Å². The molecular weight excluding hydrogens is 329 g/mol. The third-order valence-corrected chi connectivity index (χ3v) is 4.95. The predicted octanol–water partition coefficient (Wildman–Crippen LogP) is 4.57. The number of halogens is 1. The van der Waals surface area contributed by atoms with Crippen molar-refractivity contribution in [2.45, 2.75) is 38.4 Å². The average Bonchev–Trinajstić information content (AvgIpc) is 2.59. The monoisotopic (exact) mass is 357 g/mol. The quantitative estimate of drug-likeness (QED) is 0.782. The van der Waals surface area contributed by atoms with Crippen molar-refractivity contribution in [1.82, 2.24) is 4.90 Å². The zero-order chi connectivity index (χ0) is 18.9. The highest BCUT2D eigenvalue weighted by Gasteiger charge is 2.28. The molecule has 2 aromatic carbocycles. The van der Waals surface area contributed by atoms with E-state index in [-0.39, 0.29) is 5.92 Å². The summed E-state index contributed by atoms with van der Waals surface area (Å²) in [5.41, 5.74) is 3.43. The number of benzene rings is 2. The number of likely N-dealkylation sites (N-methyl/N-ethyl adjacent to an activating group) is 1. The van der Waals surface area contributed by atoms with Gasteiger partial charge in [0.25, 0.3) is 0 Å². The Labute approximate surface area is 155 Å². The van der Waals surface area contributed by atoms with Crippen LogP contribution in [0, 0.1) is 0 Å². The van der Waals surface area contributed by atoms with E-state index in [9.17, 15) is 4.39 Å². The number of hydrogen-bond acceptors (Lipinski definition) is 3. The van der Waals surface area contributed by atoms with Gasteiger partial charge in [-0.2, -0.15) is 0 Å². The number of rotatable bonds is 5. The van der Waals surface area contributed by atoms with E-state index in [1.807, 2.05) is 18.2 Å². The zero-order valence-corrected chi connectivity index (χ0v) is 16.3. The van der Waals surface area contributed by atoms with Crippen molar-refractivity contribution < 1.29 is 13.9 Å². The molecular formula is C22H28FNO2. The Balaban J connectivity index is 2.06. The summed E-state index contributed by atoms with van der Waals surface area (Å²) in [4.78, 5) is 2.30. The topological polar surface area (TPSA) is 21.7 Å². The highest BCUT2D eigenvalue weighted by atomic mass is 19.1. The van der Waals surface area contributed by atoms with Gasteiger partial charge in [-0.05, 0) is 55.8 Å². The SMILES string of the molecule is COc1ccc2c(c1)CN(C)CC2c1cc(CC(C)(C)F)ccc1OC. The van der Waals surface area contributed by atoms with E-state index in [2.05, 4.69) is 30.1 Å². The molecule has 0 amide bonds. The first-order chi connectivity index (χ1) is 12.3. The standard InChI is InChI=1S/C22H28FNO2/c1-22(2,23)12-15-6-9-21(26-5)19(10-15)20-14-24(3)13-16-11-17(25-4)7-8-18(16)20/h6-11,20H,12-14H2,1-5H3. The van der Waals surface area contributed by atoms with Crippen LogP contribution in [0.5, 0.6) is 11.5 Å². The highest BCUT2D eigenvalue weighted by molar-refractivity contribution is 5.49. The molecule has 0 aromatic heterocycles. The lowest BCUT2D eigenvalue weighted by atomic mass is 9.83. The number of hydrogen-bond donors (Lipinski definition) is 0. The molecule has 0 saturated heterocycles. The molecule has 1 aliphatic heterocycles. The lowest BCUT2D eigenvalue weighted by Crippen LogP contribution is -2.31. The largest absolute Gasteiger partial charge is 0.497 e. The predicted molar refractivity (Wildman–Crippen MR) is 103 cm³/mol. The van der Waals surface area contributed by atoms with E-state index >= 15 is 0 Å². The Morgan fingerprint density at radius 2 is 1.85 bits per heavy atom. The second-order valence-corrected chi connectivity index (χ2v) is 7.79. The summed E-state index contributed by atoms with van der Waals surface area (Å²) in [6, 6.07) is 12.3. The maximum atomic E-state index is 14.2. The molecule has 1 heterocycles. The fraction of sp³-hybridized carbons (Fsp3) is 0.455. The van der Waals surface area contributed by atoms with Crippen LogP contribution in [0.15, 0.2) is 36.4 Å². The minimum atomic E-state index is -1.24. The van der Waals surface area contributed by atoms with Gasteiger partial charge in [0.1, 0.15) is 17.2 Å². The van der Waals surface area contributed by atoms with Crippen molar-refractivity contribution in [2.24, 2.45) is 0 Å². The van der Waals surface area contributed by atoms with Crippen LogP contribution in [-0.2, 0) is 13.0 Å². The molecule has 0 bridgehead atoms. The third-order valence-electron chi connectivity index (χ3n) is 4.95. The van der Waals surface area contributed by atoms with Crippen LogP contribution in [-0.4, -0.2) is 38.4 Å². The van der Waals surface area contributed by atoms with Crippen LogP contribution in [0.4, 0.5) is 4.39 Å². The van der Waals surface area contributed by atoms with Crippen molar-refractivity contribution in [3.05, 3.63) is 58.7 Å². The molecule has 1 aliphatic rings. The van der Waals surface area contributed by atoms with E-state index in [0.717, 1.165) is 35.7 Å². The number of methoxy groups -OCH3 is 2. The van der Waals surface area contributed by atoms with E-state index < -0.39 is 5.67 Å². The first kappa shape index (κ1) is 18.7. The maximum absolute atomic E-state index is 14.2. The third kappa shape index (κ3) is 4.01. The van der Waals surface area contributed by atoms with E-state index in [1.54, 1.807) is 28.1 Å². The summed E-state index contributed by atoms with van der Waals surface area (Å²) in [6.45, 7) is 5.03. The normalized spacial score (nSPS) is 17.7. The van der Waals surface area contributed by atoms with Gasteiger partial charge in [0.2, 0.25) is 0 Å². The summed E-state index contributed by atoms with van der Waals surface area (Å²) in [7, 11) is 5.51. The van der Waals surface area contributed by atoms with Gasteiger partial charge in [-0.3, -0.25) is 0 Å². The van der Waals surface area contributed by atoms with Crippen LogP contribution in [0.25, 0.3) is 0 Å². The van der Waals surface area contributed by atoms with Crippen LogP contribution >= 0.6 is 0 Å². The summed E-state index contributed by atoms with van der Waals surface area (Å²) in [5.74, 6) is 1.91. The second kappa shape index (κ2) is 7.28. The van der Waals surface area contributed by atoms with E-state index in [0.29, 0.717) is 6.42 Å². The van der Waals surface area contributed by atoms with Crippen molar-refractivity contribution in [2.75, 3.05) is 27.8 Å². The first-order valence-corrected chi connectivity index (χ1v) is 9.02. The first-order valence-electron chi connectivity index (χ1n) is 9.02. The van der Waals surface area contributed by atoms with Gasteiger partial charge < -0.3 is 14.4 Å². The number of alkyl halides is 1. The number of nitrogens with zero attached hydrogens (tertiary/aromatic N) is 1. The van der Waals surface area contributed by atoms with Crippen LogP contribution in [0.2, 0.25) is 0 Å². The maximum Gasteiger partial charge on any atom is 0.122 e. The summed E-state index contributed by atoms with van der Waals surface area (Å²) in [6.07, 6.45) is 0.391. The van der Waals surface area contributed by atoms with Crippen LogP contribution < -0.4 is 9.47 Å². The van der Waals surface area contributed by atoms with Crippen molar-refractivity contribution in [1.29, 1.82) is 0 Å². The average molecular weight is 357 g/mol. The highest BCUT2D eigenvalue weighted by Crippen LogP contribution is 2.39. The van der Waals surface area contributed by atoms with Gasteiger partial charge in [0.15, 0.2) is 0 Å². The summed E-state index contributed by atoms with van der Waals surface area (Å²) in [5, 5.41) is 0. The van der Waals surface area contributed by atoms with Gasteiger partial charge in [0, 0.05) is 31.0 Å². The molecule has 0 fully saturated rings. The summed E-state index contributed by atoms with van der Waals surface area (Å²) < 4.78 is 25.2. The number of ether oxygens (including phenoxy) is 2. The molecule has 0 radical (unpaired) electrons. The molecule has 1 unspecified atom stereocenters. The fourth-order valence-corrected chi connectivity index (χ4v) is 3.87. The van der Waals surface area contributed by atoms with Crippen molar-refractivity contribution in [3.63, 3.8) is 0 Å². The molecule has 3 rings (SSSR count). The van der Waals surface area contributed by atoms with Gasteiger partial charge in [-0.25, -0.2) is 4.39 Å². The second-order valence-electron chi connectivity index (χ2n) is 7.79. The lowest BCUT2D eigenvalue weighted by Gasteiger charge is -2.33. The zero-order valence-electron chi connectivity index (χ0n) is 16.3. The minimum absolute atomic E-state index is 0.187. The Bertz CT molecular complexity index is 782. The molecule has 26 heavy (non-hydrogen) atoms. The summed E-state index contributed by atoms with van der Waals surface area (Å²) >= 11 is 0. The van der Waals surface area contributed by atoms with E-state index in [4.69, 9.17) is 9.47 Å². The van der Waals surface area contributed by atoms with E-state index in [1.165, 1.54) is 11.1 Å². The van der Waals surface area contributed by atoms with Crippen molar-refractivity contribution >= 4 is 0 Å². The van der Waals surface area contributed by atoms with Gasteiger partial charge in [0.05, 0.1) is 14.2 Å². The van der Waals surface area contributed by atoms with Crippen molar-refractivity contribution in [3.8, 4) is 11.5 Å². The molecule has 0 aliphatic carbocycles. The molecule has 3 nitrogen and oxygen atoms in total. The molecule has 140 valence electrons. The minimum Gasteiger partial charge on any atom is -0.497 e. The Kier molecular flexibility index (Phi) is 5.24. The van der Waals surface area contributed by atoms with Gasteiger partial charge in [-0.1, -0.05) is 18.2 Å². The molecule has 4 heteroatoms. The Morgan fingerprint density at radius 1 is 1.08 bits per heavy atom. The lowest BCUT2D eigenvalue weighted by molar-refractivity contribution is 0.217. The Hall–Kier alpha value is -2.07. The number of fused-ring (bicyclic) bond motifs is 1. The molecule has 1 atom stereocenters. The van der Waals surface area contributed by atoms with Crippen LogP contribution in [0.3, 0.4) is 0 Å². The molecule has 2 aromatic rings. The Morgan fingerprint density at radius 3 is 2.50 bits per heavy atom. The smallest absolute Gasteiger partial charge is 0.122 e.